The van der Waals surface area contributed by atoms with Crippen LogP contribution in [0, 0.1) is 17.0 Å². The number of halogens is 1. The summed E-state index contributed by atoms with van der Waals surface area (Å²) in [5.74, 6) is 1.07. The molecule has 0 bridgehead atoms. The molecule has 1 aromatic heterocycles. The Morgan fingerprint density at radius 2 is 2.00 bits per heavy atom. The Bertz CT molecular complexity index is 1070. The van der Waals surface area contributed by atoms with Crippen molar-refractivity contribution in [2.75, 3.05) is 11.1 Å². The molecule has 11 heteroatoms. The number of aromatic nitrogens is 3. The van der Waals surface area contributed by atoms with Gasteiger partial charge in [-0.1, -0.05) is 41.1 Å². The van der Waals surface area contributed by atoms with Gasteiger partial charge in [0.2, 0.25) is 5.91 Å². The van der Waals surface area contributed by atoms with Gasteiger partial charge in [-0.15, -0.1) is 10.2 Å². The first-order chi connectivity index (χ1) is 14.3. The molecule has 156 valence electrons. The van der Waals surface area contributed by atoms with E-state index in [1.807, 2.05) is 31.2 Å². The van der Waals surface area contributed by atoms with Crippen LogP contribution < -0.4 is 10.1 Å². The number of nitro benzene ring substituents is 1. The van der Waals surface area contributed by atoms with E-state index in [-0.39, 0.29) is 29.0 Å². The molecule has 0 aliphatic heterocycles. The average Bonchev–Trinajstić information content (AvgIpc) is 3.07. The van der Waals surface area contributed by atoms with Crippen molar-refractivity contribution in [1.82, 2.24) is 14.8 Å². The Morgan fingerprint density at radius 1 is 1.27 bits per heavy atom. The minimum absolute atomic E-state index is 0.00634. The summed E-state index contributed by atoms with van der Waals surface area (Å²) in [5, 5.41) is 22.3. The van der Waals surface area contributed by atoms with Gasteiger partial charge in [-0.2, -0.15) is 0 Å². The van der Waals surface area contributed by atoms with Gasteiger partial charge < -0.3 is 14.6 Å². The predicted octanol–water partition coefficient (Wildman–Crippen LogP) is 3.99. The normalized spacial score (nSPS) is 10.6. The SMILES string of the molecule is Cc1ccc(OCc2nnc(SCC(=O)Nc3ccc(Cl)c([N+](=O)[O-])c3)n2C)cc1. The number of aryl methyl sites for hydroxylation is 1. The van der Waals surface area contributed by atoms with Crippen molar-refractivity contribution in [3.05, 3.63) is 69.0 Å². The number of ether oxygens (including phenoxy) is 1. The average molecular weight is 448 g/mol. The number of hydrogen-bond donors (Lipinski definition) is 1. The molecule has 9 nitrogen and oxygen atoms in total. The standard InChI is InChI=1S/C19H18ClN5O4S/c1-12-3-6-14(7-4-12)29-10-17-22-23-19(24(17)2)30-11-18(26)21-13-5-8-15(20)16(9-13)25(27)28/h3-9H,10-11H2,1-2H3,(H,21,26). The summed E-state index contributed by atoms with van der Waals surface area (Å²) in [6.45, 7) is 2.24. The lowest BCUT2D eigenvalue weighted by Crippen LogP contribution is -2.14. The van der Waals surface area contributed by atoms with Gasteiger partial charge in [0.25, 0.3) is 5.69 Å². The molecule has 1 heterocycles. The van der Waals surface area contributed by atoms with E-state index in [1.165, 1.54) is 30.0 Å². The molecule has 0 spiro atoms. The summed E-state index contributed by atoms with van der Waals surface area (Å²) in [4.78, 5) is 22.5. The fraction of sp³-hybridized carbons (Fsp3) is 0.211. The fourth-order valence-corrected chi connectivity index (χ4v) is 3.35. The number of amides is 1. The molecule has 0 aliphatic carbocycles. The summed E-state index contributed by atoms with van der Waals surface area (Å²) >= 11 is 6.97. The van der Waals surface area contributed by atoms with Crippen molar-refractivity contribution >= 4 is 40.6 Å². The third-order valence-corrected chi connectivity index (χ3v) is 5.41. The van der Waals surface area contributed by atoms with Gasteiger partial charge in [0.15, 0.2) is 11.0 Å². The molecule has 1 N–H and O–H groups in total. The van der Waals surface area contributed by atoms with Gasteiger partial charge in [-0.3, -0.25) is 14.9 Å². The van der Waals surface area contributed by atoms with Crippen LogP contribution in [-0.2, 0) is 18.4 Å². The first-order valence-corrected chi connectivity index (χ1v) is 10.1. The predicted molar refractivity (Wildman–Crippen MR) is 114 cm³/mol. The summed E-state index contributed by atoms with van der Waals surface area (Å²) in [6, 6.07) is 11.8. The quantitative estimate of drug-likeness (QED) is 0.315. The third kappa shape index (κ3) is 5.49. The molecule has 3 aromatic rings. The van der Waals surface area contributed by atoms with Crippen molar-refractivity contribution in [3.8, 4) is 5.75 Å². The highest BCUT2D eigenvalue weighted by atomic mass is 35.5. The van der Waals surface area contributed by atoms with Gasteiger partial charge in [0, 0.05) is 18.8 Å². The summed E-state index contributed by atoms with van der Waals surface area (Å²) in [6.07, 6.45) is 0. The Balaban J connectivity index is 1.54. The van der Waals surface area contributed by atoms with Crippen LogP contribution in [0.1, 0.15) is 11.4 Å². The topological polar surface area (TPSA) is 112 Å². The van der Waals surface area contributed by atoms with Gasteiger partial charge in [-0.05, 0) is 31.2 Å². The van der Waals surface area contributed by atoms with E-state index in [1.54, 1.807) is 11.6 Å². The van der Waals surface area contributed by atoms with Gasteiger partial charge in [0.05, 0.1) is 10.7 Å². The molecule has 0 radical (unpaired) electrons. The van der Waals surface area contributed by atoms with E-state index in [2.05, 4.69) is 15.5 Å². The monoisotopic (exact) mass is 447 g/mol. The number of carbonyl (C=O) groups is 1. The number of thioether (sulfide) groups is 1. The summed E-state index contributed by atoms with van der Waals surface area (Å²) in [5.41, 5.74) is 1.17. The van der Waals surface area contributed by atoms with Crippen molar-refractivity contribution in [1.29, 1.82) is 0 Å². The van der Waals surface area contributed by atoms with Crippen LogP contribution in [0.25, 0.3) is 0 Å². The maximum Gasteiger partial charge on any atom is 0.289 e. The van der Waals surface area contributed by atoms with Crippen LogP contribution in [0.2, 0.25) is 5.02 Å². The van der Waals surface area contributed by atoms with E-state index in [0.29, 0.717) is 16.7 Å². The molecule has 0 unspecified atom stereocenters. The zero-order chi connectivity index (χ0) is 21.7. The van der Waals surface area contributed by atoms with Crippen LogP contribution in [-0.4, -0.2) is 31.3 Å². The Labute approximate surface area is 181 Å². The first kappa shape index (κ1) is 21.6. The van der Waals surface area contributed by atoms with Crippen molar-refractivity contribution in [3.63, 3.8) is 0 Å². The lowest BCUT2D eigenvalue weighted by Gasteiger charge is -2.07. The van der Waals surface area contributed by atoms with Gasteiger partial charge in [-0.25, -0.2) is 0 Å². The van der Waals surface area contributed by atoms with Crippen LogP contribution >= 0.6 is 23.4 Å². The molecule has 0 aliphatic rings. The molecule has 0 saturated carbocycles. The maximum atomic E-state index is 12.2. The fourth-order valence-electron chi connectivity index (χ4n) is 2.44. The van der Waals surface area contributed by atoms with Crippen molar-refractivity contribution in [2.24, 2.45) is 7.05 Å². The van der Waals surface area contributed by atoms with Crippen LogP contribution in [0.4, 0.5) is 11.4 Å². The van der Waals surface area contributed by atoms with E-state index in [4.69, 9.17) is 16.3 Å². The van der Waals surface area contributed by atoms with E-state index < -0.39 is 4.92 Å². The van der Waals surface area contributed by atoms with Gasteiger partial charge in [0.1, 0.15) is 17.4 Å². The number of anilines is 1. The number of benzene rings is 2. The summed E-state index contributed by atoms with van der Waals surface area (Å²) < 4.78 is 7.46. The smallest absolute Gasteiger partial charge is 0.289 e. The first-order valence-electron chi connectivity index (χ1n) is 8.78. The number of hydrogen-bond acceptors (Lipinski definition) is 7. The second-order valence-corrected chi connectivity index (χ2v) is 7.67. The second kappa shape index (κ2) is 9.59. The third-order valence-electron chi connectivity index (χ3n) is 4.07. The molecule has 0 fully saturated rings. The molecule has 2 aromatic carbocycles. The van der Waals surface area contributed by atoms with Crippen molar-refractivity contribution < 1.29 is 14.5 Å². The largest absolute Gasteiger partial charge is 0.486 e. The Hall–Kier alpha value is -3.11. The lowest BCUT2D eigenvalue weighted by molar-refractivity contribution is -0.384. The molecule has 3 rings (SSSR count). The molecule has 0 saturated heterocycles. The zero-order valence-corrected chi connectivity index (χ0v) is 17.7. The Kier molecular flexibility index (Phi) is 6.91. The Morgan fingerprint density at radius 3 is 2.70 bits per heavy atom. The second-order valence-electron chi connectivity index (χ2n) is 6.32. The van der Waals surface area contributed by atoms with Crippen molar-refractivity contribution in [2.45, 2.75) is 18.7 Å². The van der Waals surface area contributed by atoms with E-state index in [9.17, 15) is 14.9 Å². The minimum atomic E-state index is -0.605. The summed E-state index contributed by atoms with van der Waals surface area (Å²) in [7, 11) is 1.79. The van der Waals surface area contributed by atoms with Crippen LogP contribution in [0.5, 0.6) is 5.75 Å². The number of nitro groups is 1. The highest BCUT2D eigenvalue weighted by Gasteiger charge is 2.15. The number of nitrogens with zero attached hydrogens (tertiary/aromatic N) is 4. The van der Waals surface area contributed by atoms with Gasteiger partial charge >= 0.3 is 0 Å². The highest BCUT2D eigenvalue weighted by Crippen LogP contribution is 2.27. The molecule has 30 heavy (non-hydrogen) atoms. The molecular weight excluding hydrogens is 430 g/mol. The molecular formula is C19H18ClN5O4S. The molecule has 0 atom stereocenters. The number of rotatable bonds is 8. The number of carbonyl (C=O) groups excluding carboxylic acids is 1. The zero-order valence-electron chi connectivity index (χ0n) is 16.2. The highest BCUT2D eigenvalue weighted by molar-refractivity contribution is 7.99. The van der Waals surface area contributed by atoms with Crippen LogP contribution in [0.3, 0.4) is 0 Å². The number of nitrogens with one attached hydrogen (secondary N) is 1. The molecule has 1 amide bonds. The van der Waals surface area contributed by atoms with E-state index in [0.717, 1.165) is 11.3 Å². The minimum Gasteiger partial charge on any atom is -0.486 e. The van der Waals surface area contributed by atoms with E-state index >= 15 is 0 Å². The van der Waals surface area contributed by atoms with Crippen LogP contribution in [0.15, 0.2) is 47.6 Å². The maximum absolute atomic E-state index is 12.2. The lowest BCUT2D eigenvalue weighted by atomic mass is 10.2.